The van der Waals surface area contributed by atoms with Crippen molar-refractivity contribution in [3.05, 3.63) is 57.3 Å². The maximum absolute atomic E-state index is 13.2. The van der Waals surface area contributed by atoms with Crippen molar-refractivity contribution in [3.63, 3.8) is 0 Å². The van der Waals surface area contributed by atoms with Gasteiger partial charge in [-0.05, 0) is 74.2 Å². The predicted octanol–water partition coefficient (Wildman–Crippen LogP) is 4.89. The summed E-state index contributed by atoms with van der Waals surface area (Å²) >= 11 is 8.37. The van der Waals surface area contributed by atoms with Crippen molar-refractivity contribution in [2.45, 2.75) is 56.0 Å². The summed E-state index contributed by atoms with van der Waals surface area (Å²) in [6, 6.07) is 8.43. The van der Waals surface area contributed by atoms with Gasteiger partial charge in [-0.2, -0.15) is 0 Å². The molecule has 7 heteroatoms. The Hall–Kier alpha value is -2.02. The summed E-state index contributed by atoms with van der Waals surface area (Å²) < 4.78 is 0. The van der Waals surface area contributed by atoms with E-state index in [9.17, 15) is 4.79 Å². The molecule has 1 amide bonds. The molecule has 2 aliphatic carbocycles. The number of amides is 1. The van der Waals surface area contributed by atoms with Gasteiger partial charge in [-0.3, -0.25) is 4.79 Å². The number of fused-ring (bicyclic) bond motifs is 2. The number of nitrogens with zero attached hydrogens (tertiary/aromatic N) is 3. The van der Waals surface area contributed by atoms with Gasteiger partial charge < -0.3 is 10.2 Å². The number of benzene rings is 1. The zero-order valence-electron chi connectivity index (χ0n) is 17.7. The molecular formula is C24H25ClN4OS. The van der Waals surface area contributed by atoms with E-state index in [0.717, 1.165) is 59.5 Å². The fraction of sp³-hybridized carbons (Fsp3) is 0.458. The number of hydrogen-bond acceptors (Lipinski definition) is 5. The van der Waals surface area contributed by atoms with Gasteiger partial charge in [0.15, 0.2) is 0 Å². The molecule has 1 aliphatic heterocycles. The number of nitrogens with one attached hydrogen (secondary N) is 1. The van der Waals surface area contributed by atoms with Gasteiger partial charge in [-0.25, -0.2) is 9.97 Å². The number of thiophene rings is 1. The van der Waals surface area contributed by atoms with Crippen LogP contribution in [0.5, 0.6) is 0 Å². The van der Waals surface area contributed by atoms with E-state index >= 15 is 0 Å². The average molecular weight is 453 g/mol. The van der Waals surface area contributed by atoms with Crippen LogP contribution in [0.4, 0.5) is 0 Å². The summed E-state index contributed by atoms with van der Waals surface area (Å²) in [6.45, 7) is 3.01. The lowest BCUT2D eigenvalue weighted by molar-refractivity contribution is 0.0672. The van der Waals surface area contributed by atoms with Crippen LogP contribution in [0.3, 0.4) is 0 Å². The molecular weight excluding hydrogens is 428 g/mol. The number of piperidine rings is 1. The van der Waals surface area contributed by atoms with Crippen LogP contribution in [0.25, 0.3) is 10.2 Å². The Morgan fingerprint density at radius 3 is 2.97 bits per heavy atom. The van der Waals surface area contributed by atoms with Crippen molar-refractivity contribution in [1.29, 1.82) is 0 Å². The second kappa shape index (κ2) is 6.99. The molecule has 3 fully saturated rings. The molecule has 0 spiro atoms. The van der Waals surface area contributed by atoms with Crippen molar-refractivity contribution < 1.29 is 4.79 Å². The Labute approximate surface area is 190 Å². The summed E-state index contributed by atoms with van der Waals surface area (Å²) in [5.74, 6) is 1.60. The molecule has 1 N–H and O–H groups in total. The molecule has 3 aromatic rings. The van der Waals surface area contributed by atoms with Crippen molar-refractivity contribution in [2.24, 2.45) is 0 Å². The van der Waals surface area contributed by atoms with E-state index in [2.05, 4.69) is 21.7 Å². The van der Waals surface area contributed by atoms with Crippen LogP contribution in [0.2, 0.25) is 5.02 Å². The number of aromatic nitrogens is 2. The lowest BCUT2D eigenvalue weighted by atomic mass is 10.0. The molecule has 4 atom stereocenters. The van der Waals surface area contributed by atoms with Crippen molar-refractivity contribution >= 4 is 39.1 Å². The predicted molar refractivity (Wildman–Crippen MR) is 124 cm³/mol. The second-order valence-electron chi connectivity index (χ2n) is 9.26. The zero-order chi connectivity index (χ0) is 21.3. The van der Waals surface area contributed by atoms with Crippen LogP contribution in [0.1, 0.15) is 65.0 Å². The highest BCUT2D eigenvalue weighted by Crippen LogP contribution is 2.57. The first-order chi connectivity index (χ1) is 15.0. The van der Waals surface area contributed by atoms with Gasteiger partial charge in [-0.15, -0.1) is 11.3 Å². The van der Waals surface area contributed by atoms with Crippen LogP contribution in [0.15, 0.2) is 29.6 Å². The van der Waals surface area contributed by atoms with Crippen LogP contribution >= 0.6 is 22.9 Å². The van der Waals surface area contributed by atoms with E-state index in [0.29, 0.717) is 28.5 Å². The van der Waals surface area contributed by atoms with E-state index < -0.39 is 0 Å². The quantitative estimate of drug-likeness (QED) is 0.612. The van der Waals surface area contributed by atoms with E-state index in [1.165, 1.54) is 0 Å². The Morgan fingerprint density at radius 2 is 2.16 bits per heavy atom. The summed E-state index contributed by atoms with van der Waals surface area (Å²) in [4.78, 5) is 25.5. The van der Waals surface area contributed by atoms with Gasteiger partial charge >= 0.3 is 0 Å². The highest BCUT2D eigenvalue weighted by atomic mass is 35.5. The summed E-state index contributed by atoms with van der Waals surface area (Å²) in [5.41, 5.74) is 2.93. The minimum absolute atomic E-state index is 0.00114. The molecule has 160 valence electrons. The van der Waals surface area contributed by atoms with E-state index in [1.54, 1.807) is 11.3 Å². The number of hydrogen-bond donors (Lipinski definition) is 1. The summed E-state index contributed by atoms with van der Waals surface area (Å²) in [5, 5.41) is 7.46. The summed E-state index contributed by atoms with van der Waals surface area (Å²) in [6.07, 6.45) is 4.29. The number of carbonyl (C=O) groups excluding carboxylic acids is 1. The van der Waals surface area contributed by atoms with E-state index in [1.807, 2.05) is 37.1 Å². The smallest absolute Gasteiger partial charge is 0.254 e. The minimum atomic E-state index is -0.00114. The van der Waals surface area contributed by atoms with Crippen molar-refractivity contribution in [2.75, 3.05) is 13.6 Å². The molecule has 2 aromatic heterocycles. The van der Waals surface area contributed by atoms with Gasteiger partial charge in [0.25, 0.3) is 5.91 Å². The molecule has 31 heavy (non-hydrogen) atoms. The Kier molecular flexibility index (Phi) is 4.43. The number of aryl methyl sites for hydroxylation is 1. The second-order valence-corrected chi connectivity index (χ2v) is 10.6. The summed E-state index contributed by atoms with van der Waals surface area (Å²) in [7, 11) is 1.94. The molecule has 3 heterocycles. The minimum Gasteiger partial charge on any atom is -0.334 e. The third kappa shape index (κ3) is 3.11. The highest BCUT2D eigenvalue weighted by Gasteiger charge is 2.59. The largest absolute Gasteiger partial charge is 0.334 e. The lowest BCUT2D eigenvalue weighted by Gasteiger charge is -2.32. The van der Waals surface area contributed by atoms with Gasteiger partial charge in [0.1, 0.15) is 10.7 Å². The third-order valence-electron chi connectivity index (χ3n) is 7.45. The van der Waals surface area contributed by atoms with Gasteiger partial charge in [0, 0.05) is 35.0 Å². The van der Waals surface area contributed by atoms with Crippen molar-refractivity contribution in [1.82, 2.24) is 20.2 Å². The van der Waals surface area contributed by atoms with Crippen LogP contribution in [0, 0.1) is 6.92 Å². The van der Waals surface area contributed by atoms with Crippen LogP contribution in [-0.2, 0) is 0 Å². The molecule has 1 aromatic carbocycles. The van der Waals surface area contributed by atoms with Crippen LogP contribution in [-0.4, -0.2) is 45.9 Å². The zero-order valence-corrected chi connectivity index (χ0v) is 19.3. The van der Waals surface area contributed by atoms with E-state index in [4.69, 9.17) is 16.6 Å². The molecule has 5 nitrogen and oxygen atoms in total. The average Bonchev–Trinajstić information content (AvgIpc) is 3.66. The monoisotopic (exact) mass is 452 g/mol. The molecule has 0 bridgehead atoms. The third-order valence-corrected chi connectivity index (χ3v) is 8.58. The Bertz CT molecular complexity index is 1210. The number of likely N-dealkylation sites (N-methyl/N-ethyl adjacent to an activating group) is 1. The van der Waals surface area contributed by atoms with Crippen molar-refractivity contribution in [3.8, 4) is 0 Å². The molecule has 0 radical (unpaired) electrons. The topological polar surface area (TPSA) is 58.1 Å². The number of carbonyl (C=O) groups is 1. The fourth-order valence-electron chi connectivity index (χ4n) is 5.51. The normalized spacial score (nSPS) is 28.9. The maximum Gasteiger partial charge on any atom is 0.254 e. The fourth-order valence-corrected chi connectivity index (χ4v) is 6.65. The highest BCUT2D eigenvalue weighted by molar-refractivity contribution is 7.16. The van der Waals surface area contributed by atoms with Gasteiger partial charge in [0.2, 0.25) is 0 Å². The Morgan fingerprint density at radius 1 is 1.29 bits per heavy atom. The number of halogens is 1. The first-order valence-corrected chi connectivity index (χ1v) is 12.3. The molecule has 3 aliphatic rings. The SMILES string of the molecule is Cc1nc([C@H]2C[C@@H]2c2ccc(C(=O)N(C)[C@@]34CCCN[C@@H]3C4)cc2Cl)c2ccsc2n1. The lowest BCUT2D eigenvalue weighted by Crippen LogP contribution is -2.47. The van der Waals surface area contributed by atoms with Crippen LogP contribution < -0.4 is 5.32 Å². The first kappa shape index (κ1) is 19.6. The first-order valence-electron chi connectivity index (χ1n) is 11.0. The standard InChI is InChI=1S/C24H25ClN4OS/c1-13-27-21(16-6-9-31-22(16)28-13)18-11-17(18)15-5-4-14(10-19(15)25)23(30)29(2)24-7-3-8-26-20(24)12-24/h4-6,9-10,17-18,20,26H,3,7-8,11-12H2,1-2H3/t17-,18+,20-,24-/m1/s1. The van der Waals surface area contributed by atoms with Gasteiger partial charge in [0.05, 0.1) is 11.2 Å². The maximum atomic E-state index is 13.2. The van der Waals surface area contributed by atoms with Gasteiger partial charge in [-0.1, -0.05) is 17.7 Å². The molecule has 1 saturated heterocycles. The molecule has 2 saturated carbocycles. The molecule has 6 rings (SSSR count). The number of rotatable bonds is 4. The Balaban J connectivity index is 1.23. The molecule has 0 unspecified atom stereocenters. The van der Waals surface area contributed by atoms with E-state index in [-0.39, 0.29) is 11.4 Å².